The van der Waals surface area contributed by atoms with Crippen molar-refractivity contribution in [3.63, 3.8) is 0 Å². The molecule has 0 aliphatic heterocycles. The number of rotatable bonds is 6. The highest BCUT2D eigenvalue weighted by atomic mass is 15.3. The Morgan fingerprint density at radius 2 is 2.05 bits per heavy atom. The van der Waals surface area contributed by atoms with Crippen molar-refractivity contribution in [2.45, 2.75) is 19.8 Å². The van der Waals surface area contributed by atoms with Gasteiger partial charge in [0.1, 0.15) is 17.5 Å². The van der Waals surface area contributed by atoms with Crippen LogP contribution in [0, 0.1) is 11.3 Å². The summed E-state index contributed by atoms with van der Waals surface area (Å²) in [6, 6.07) is 13.8. The Bertz CT molecular complexity index is 598. The number of anilines is 3. The van der Waals surface area contributed by atoms with Crippen LogP contribution < -0.4 is 16.2 Å². The Morgan fingerprint density at radius 1 is 1.29 bits per heavy atom. The van der Waals surface area contributed by atoms with Crippen molar-refractivity contribution < 1.29 is 0 Å². The van der Waals surface area contributed by atoms with E-state index in [1.54, 1.807) is 6.07 Å². The summed E-state index contributed by atoms with van der Waals surface area (Å²) < 4.78 is 0. The predicted octanol–water partition coefficient (Wildman–Crippen LogP) is 2.38. The smallest absolute Gasteiger partial charge is 0.145 e. The van der Waals surface area contributed by atoms with Gasteiger partial charge in [0, 0.05) is 24.7 Å². The molecule has 0 radical (unpaired) electrons. The largest absolute Gasteiger partial charge is 0.325 e. The number of nitrogens with zero attached hydrogens (tertiary/aromatic N) is 4. The minimum atomic E-state index is 0.408. The molecule has 2 aromatic rings. The monoisotopic (exact) mass is 282 g/mol. The number of para-hydroxylation sites is 1. The average molecular weight is 282 g/mol. The third-order valence-electron chi connectivity index (χ3n) is 3.01. The molecule has 1 aromatic heterocycles. The van der Waals surface area contributed by atoms with E-state index in [0.717, 1.165) is 11.5 Å². The first-order chi connectivity index (χ1) is 10.3. The molecule has 2 rings (SSSR count). The molecule has 6 heteroatoms. The van der Waals surface area contributed by atoms with Crippen LogP contribution in [0.2, 0.25) is 0 Å². The molecule has 0 unspecified atom stereocenters. The first kappa shape index (κ1) is 14.8. The van der Waals surface area contributed by atoms with Crippen molar-refractivity contribution in [2.75, 3.05) is 16.9 Å². The minimum absolute atomic E-state index is 0.408. The Balaban J connectivity index is 2.43. The number of nitriles is 1. The highest BCUT2D eigenvalue weighted by Crippen LogP contribution is 2.25. The number of nitrogens with one attached hydrogen (secondary N) is 1. The van der Waals surface area contributed by atoms with E-state index < -0.39 is 0 Å². The Morgan fingerprint density at radius 3 is 2.67 bits per heavy atom. The van der Waals surface area contributed by atoms with E-state index in [4.69, 9.17) is 11.1 Å². The second-order valence-electron chi connectivity index (χ2n) is 4.42. The third-order valence-corrected chi connectivity index (χ3v) is 3.01. The normalized spacial score (nSPS) is 9.95. The molecule has 0 amide bonds. The van der Waals surface area contributed by atoms with Crippen LogP contribution in [0.1, 0.15) is 19.2 Å². The van der Waals surface area contributed by atoms with Gasteiger partial charge in [0.05, 0.1) is 12.5 Å². The van der Waals surface area contributed by atoms with E-state index in [1.165, 1.54) is 0 Å². The van der Waals surface area contributed by atoms with Gasteiger partial charge in [-0.15, -0.1) is 0 Å². The minimum Gasteiger partial charge on any atom is -0.325 e. The molecule has 108 valence electrons. The van der Waals surface area contributed by atoms with Crippen LogP contribution in [0.5, 0.6) is 0 Å². The van der Waals surface area contributed by atoms with Gasteiger partial charge in [-0.3, -0.25) is 0 Å². The van der Waals surface area contributed by atoms with Crippen LogP contribution in [-0.4, -0.2) is 16.5 Å². The van der Waals surface area contributed by atoms with Gasteiger partial charge >= 0.3 is 0 Å². The molecule has 1 heterocycles. The van der Waals surface area contributed by atoms with E-state index in [2.05, 4.69) is 21.5 Å². The van der Waals surface area contributed by atoms with Gasteiger partial charge < -0.3 is 10.3 Å². The SMILES string of the molecule is CCc1nc(NN)cc(N(CCC#N)c2ccccc2)n1. The van der Waals surface area contributed by atoms with E-state index in [-0.39, 0.29) is 0 Å². The number of aromatic nitrogens is 2. The molecule has 0 aliphatic carbocycles. The Kier molecular flexibility index (Phi) is 5.07. The van der Waals surface area contributed by atoms with Crippen molar-refractivity contribution in [1.82, 2.24) is 9.97 Å². The highest BCUT2D eigenvalue weighted by molar-refractivity contribution is 5.62. The molecule has 0 bridgehead atoms. The second kappa shape index (κ2) is 7.22. The molecule has 0 saturated heterocycles. The van der Waals surface area contributed by atoms with Crippen LogP contribution >= 0.6 is 0 Å². The zero-order valence-corrected chi connectivity index (χ0v) is 12.0. The van der Waals surface area contributed by atoms with Gasteiger partial charge in [-0.05, 0) is 12.1 Å². The van der Waals surface area contributed by atoms with E-state index in [9.17, 15) is 0 Å². The molecule has 0 saturated carbocycles. The van der Waals surface area contributed by atoms with E-state index in [0.29, 0.717) is 31.0 Å². The fraction of sp³-hybridized carbons (Fsp3) is 0.267. The van der Waals surface area contributed by atoms with Gasteiger partial charge in [0.2, 0.25) is 0 Å². The lowest BCUT2D eigenvalue weighted by Gasteiger charge is -2.23. The summed E-state index contributed by atoms with van der Waals surface area (Å²) >= 11 is 0. The summed E-state index contributed by atoms with van der Waals surface area (Å²) in [5, 5.41) is 8.87. The topological polar surface area (TPSA) is 90.9 Å². The molecule has 3 N–H and O–H groups in total. The third kappa shape index (κ3) is 3.68. The average Bonchev–Trinajstić information content (AvgIpc) is 2.55. The maximum Gasteiger partial charge on any atom is 0.145 e. The summed E-state index contributed by atoms with van der Waals surface area (Å²) in [6.45, 7) is 2.55. The van der Waals surface area contributed by atoms with E-state index in [1.807, 2.05) is 42.2 Å². The van der Waals surface area contributed by atoms with Crippen LogP contribution in [-0.2, 0) is 6.42 Å². The molecular formula is C15H18N6. The molecular weight excluding hydrogens is 264 g/mol. The van der Waals surface area contributed by atoms with Crippen LogP contribution in [0.4, 0.5) is 17.3 Å². The zero-order valence-electron chi connectivity index (χ0n) is 12.0. The van der Waals surface area contributed by atoms with Crippen LogP contribution in [0.3, 0.4) is 0 Å². The molecule has 21 heavy (non-hydrogen) atoms. The van der Waals surface area contributed by atoms with Gasteiger partial charge in [-0.2, -0.15) is 5.26 Å². The summed E-state index contributed by atoms with van der Waals surface area (Å²) in [5.74, 6) is 7.47. The van der Waals surface area contributed by atoms with Crippen molar-refractivity contribution in [3.8, 4) is 6.07 Å². The van der Waals surface area contributed by atoms with Crippen LogP contribution in [0.25, 0.3) is 0 Å². The van der Waals surface area contributed by atoms with Gasteiger partial charge in [0.15, 0.2) is 0 Å². The number of hydrogen-bond donors (Lipinski definition) is 2. The summed E-state index contributed by atoms with van der Waals surface area (Å²) in [5.41, 5.74) is 3.54. The Hall–Kier alpha value is -2.65. The second-order valence-corrected chi connectivity index (χ2v) is 4.42. The first-order valence-electron chi connectivity index (χ1n) is 6.82. The molecule has 0 fully saturated rings. The molecule has 0 atom stereocenters. The summed E-state index contributed by atoms with van der Waals surface area (Å²) in [4.78, 5) is 10.8. The van der Waals surface area contributed by atoms with E-state index >= 15 is 0 Å². The first-order valence-corrected chi connectivity index (χ1v) is 6.82. The fourth-order valence-corrected chi connectivity index (χ4v) is 2.00. The standard InChI is InChI=1S/C15H18N6/c1-2-13-18-14(20-17)11-15(19-13)21(10-6-9-16)12-7-4-3-5-8-12/h3-5,7-8,11H,2,6,10,17H2,1H3,(H,18,19,20). The summed E-state index contributed by atoms with van der Waals surface area (Å²) in [7, 11) is 0. The molecule has 1 aromatic carbocycles. The fourth-order valence-electron chi connectivity index (χ4n) is 2.00. The van der Waals surface area contributed by atoms with Gasteiger partial charge in [-0.25, -0.2) is 15.8 Å². The molecule has 0 aliphatic rings. The zero-order chi connectivity index (χ0) is 15.1. The predicted molar refractivity (Wildman–Crippen MR) is 82.9 cm³/mol. The summed E-state index contributed by atoms with van der Waals surface area (Å²) in [6.07, 6.45) is 1.12. The quantitative estimate of drug-likeness (QED) is 0.624. The lowest BCUT2D eigenvalue weighted by molar-refractivity contribution is 0.881. The number of hydrazine groups is 1. The number of hydrogen-bond acceptors (Lipinski definition) is 6. The molecule has 6 nitrogen and oxygen atoms in total. The maximum atomic E-state index is 8.87. The number of nitrogens with two attached hydrogens (primary N) is 1. The van der Waals surface area contributed by atoms with Crippen molar-refractivity contribution in [2.24, 2.45) is 5.84 Å². The highest BCUT2D eigenvalue weighted by Gasteiger charge is 2.13. The van der Waals surface area contributed by atoms with Crippen molar-refractivity contribution in [1.29, 1.82) is 5.26 Å². The van der Waals surface area contributed by atoms with Crippen molar-refractivity contribution in [3.05, 3.63) is 42.2 Å². The molecule has 0 spiro atoms. The number of nitrogen functional groups attached to an aromatic ring is 1. The lowest BCUT2D eigenvalue weighted by atomic mass is 10.2. The van der Waals surface area contributed by atoms with Crippen molar-refractivity contribution >= 4 is 17.3 Å². The van der Waals surface area contributed by atoms with Gasteiger partial charge in [0.25, 0.3) is 0 Å². The lowest BCUT2D eigenvalue weighted by Crippen LogP contribution is -2.21. The van der Waals surface area contributed by atoms with Crippen LogP contribution in [0.15, 0.2) is 36.4 Å². The van der Waals surface area contributed by atoms with Gasteiger partial charge in [-0.1, -0.05) is 25.1 Å². The number of benzene rings is 1. The maximum absolute atomic E-state index is 8.87. The Labute approximate surface area is 124 Å². The number of aryl methyl sites for hydroxylation is 1.